The average Bonchev–Trinajstić information content (AvgIpc) is 2.88. The molecule has 0 radical (unpaired) electrons. The average molecular weight is 253 g/mol. The first-order chi connectivity index (χ1) is 8.81. The summed E-state index contributed by atoms with van der Waals surface area (Å²) in [6.45, 7) is 0. The van der Waals surface area contributed by atoms with Gasteiger partial charge in [0.1, 0.15) is 22.0 Å². The van der Waals surface area contributed by atoms with Crippen molar-refractivity contribution in [2.75, 3.05) is 5.73 Å². The third-order valence-corrected chi connectivity index (χ3v) is 3.29. The summed E-state index contributed by atoms with van der Waals surface area (Å²) in [4.78, 5) is 13.3. The fraction of sp³-hybridized carbons (Fsp3) is 0. The van der Waals surface area contributed by atoms with Crippen molar-refractivity contribution in [3.8, 4) is 17.3 Å². The lowest BCUT2D eigenvalue weighted by Gasteiger charge is -2.05. The van der Waals surface area contributed by atoms with E-state index < -0.39 is 0 Å². The normalized spacial score (nSPS) is 10.4. The van der Waals surface area contributed by atoms with Gasteiger partial charge in [0.25, 0.3) is 0 Å². The van der Waals surface area contributed by atoms with E-state index in [0.29, 0.717) is 22.5 Å². The van der Waals surface area contributed by atoms with Crippen molar-refractivity contribution in [3.05, 3.63) is 35.6 Å². The number of nitrogens with zero attached hydrogens (tertiary/aromatic N) is 4. The molecule has 3 aromatic rings. The summed E-state index contributed by atoms with van der Waals surface area (Å²) in [6, 6.07) is 5.74. The molecule has 0 saturated carbocycles. The number of anilines is 1. The summed E-state index contributed by atoms with van der Waals surface area (Å²) in [5.74, 6) is 0. The Hall–Kier alpha value is -2.52. The number of pyridine rings is 2. The van der Waals surface area contributed by atoms with Crippen LogP contribution >= 0.6 is 11.3 Å². The van der Waals surface area contributed by atoms with Crippen molar-refractivity contribution in [1.82, 2.24) is 15.0 Å². The molecule has 0 amide bonds. The molecule has 3 rings (SSSR count). The zero-order chi connectivity index (χ0) is 12.5. The number of nitrogen functional groups attached to an aromatic ring is 1. The topological polar surface area (TPSA) is 88.5 Å². The molecule has 0 bridgehead atoms. The fourth-order valence-electron chi connectivity index (χ4n) is 1.73. The number of rotatable bonds is 1. The number of nitrogens with two attached hydrogens (primary N) is 1. The molecule has 0 aliphatic rings. The highest BCUT2D eigenvalue weighted by Crippen LogP contribution is 2.31. The molecular weight excluding hydrogens is 246 g/mol. The molecule has 0 fully saturated rings. The van der Waals surface area contributed by atoms with Gasteiger partial charge in [0, 0.05) is 18.0 Å². The van der Waals surface area contributed by atoms with Crippen LogP contribution in [-0.2, 0) is 0 Å². The highest BCUT2D eigenvalue weighted by atomic mass is 32.1. The molecular formula is C12H7N5S. The molecule has 0 saturated heterocycles. The third-order valence-electron chi connectivity index (χ3n) is 2.57. The van der Waals surface area contributed by atoms with Crippen molar-refractivity contribution in [2.45, 2.75) is 0 Å². The van der Waals surface area contributed by atoms with Gasteiger partial charge in [-0.15, -0.1) is 11.3 Å². The number of fused-ring (bicyclic) bond motifs is 1. The molecule has 0 aliphatic carbocycles. The SMILES string of the molecule is N#Cc1c(-c2cccnc2)nc2scnc2c1N. The van der Waals surface area contributed by atoms with Gasteiger partial charge in [0.15, 0.2) is 0 Å². The molecule has 3 heterocycles. The Balaban J connectivity index is 2.39. The van der Waals surface area contributed by atoms with Crippen LogP contribution in [0, 0.1) is 11.3 Å². The minimum Gasteiger partial charge on any atom is -0.396 e. The molecule has 18 heavy (non-hydrogen) atoms. The van der Waals surface area contributed by atoms with Gasteiger partial charge in [-0.2, -0.15) is 5.26 Å². The zero-order valence-corrected chi connectivity index (χ0v) is 9.98. The molecule has 0 aromatic carbocycles. The quantitative estimate of drug-likeness (QED) is 0.718. The fourth-order valence-corrected chi connectivity index (χ4v) is 2.41. The lowest BCUT2D eigenvalue weighted by atomic mass is 10.1. The maximum absolute atomic E-state index is 9.24. The Morgan fingerprint density at radius 1 is 1.39 bits per heavy atom. The molecule has 0 spiro atoms. The van der Waals surface area contributed by atoms with E-state index in [1.165, 1.54) is 11.3 Å². The molecule has 3 aromatic heterocycles. The number of hydrogen-bond acceptors (Lipinski definition) is 6. The van der Waals surface area contributed by atoms with Gasteiger partial charge in [0.05, 0.1) is 16.9 Å². The third kappa shape index (κ3) is 1.49. The Kier molecular flexibility index (Phi) is 2.39. The standard InChI is InChI=1S/C12H7N5S/c13-4-8-9(14)11-12(18-6-16-11)17-10(8)7-2-1-3-15-5-7/h1-3,5-6H,(H2,14,17). The van der Waals surface area contributed by atoms with Gasteiger partial charge in [-0.25, -0.2) is 9.97 Å². The molecule has 5 nitrogen and oxygen atoms in total. The highest BCUT2D eigenvalue weighted by Gasteiger charge is 2.15. The molecule has 0 atom stereocenters. The number of hydrogen-bond donors (Lipinski definition) is 1. The largest absolute Gasteiger partial charge is 0.396 e. The van der Waals surface area contributed by atoms with Crippen molar-refractivity contribution in [2.24, 2.45) is 0 Å². The van der Waals surface area contributed by atoms with Crippen molar-refractivity contribution in [3.63, 3.8) is 0 Å². The Bertz CT molecular complexity index is 757. The van der Waals surface area contributed by atoms with Crippen LogP contribution in [0.5, 0.6) is 0 Å². The number of thiazole rings is 1. The van der Waals surface area contributed by atoms with Crippen LogP contribution in [0.1, 0.15) is 5.56 Å². The van der Waals surface area contributed by atoms with Gasteiger partial charge in [-0.1, -0.05) is 0 Å². The first-order valence-electron chi connectivity index (χ1n) is 5.14. The van der Waals surface area contributed by atoms with Crippen LogP contribution in [0.25, 0.3) is 21.6 Å². The van der Waals surface area contributed by atoms with Crippen molar-refractivity contribution in [1.29, 1.82) is 5.26 Å². The van der Waals surface area contributed by atoms with E-state index in [1.807, 2.05) is 6.07 Å². The van der Waals surface area contributed by atoms with Crippen LogP contribution in [0.2, 0.25) is 0 Å². The van der Waals surface area contributed by atoms with Crippen LogP contribution in [0.15, 0.2) is 30.0 Å². The first kappa shape index (κ1) is 10.6. The van der Waals surface area contributed by atoms with Crippen molar-refractivity contribution >= 4 is 27.4 Å². The number of aromatic nitrogens is 3. The smallest absolute Gasteiger partial charge is 0.146 e. The maximum atomic E-state index is 9.24. The molecule has 2 N–H and O–H groups in total. The lowest BCUT2D eigenvalue weighted by molar-refractivity contribution is 1.30. The Morgan fingerprint density at radius 2 is 2.28 bits per heavy atom. The van der Waals surface area contributed by atoms with Gasteiger partial charge in [-0.05, 0) is 12.1 Å². The predicted octanol–water partition coefficient (Wildman–Crippen LogP) is 2.21. The summed E-state index contributed by atoms with van der Waals surface area (Å²) >= 11 is 1.40. The Labute approximate surface area is 107 Å². The van der Waals surface area contributed by atoms with E-state index in [-0.39, 0.29) is 0 Å². The van der Waals surface area contributed by atoms with Gasteiger partial charge < -0.3 is 5.73 Å². The van der Waals surface area contributed by atoms with E-state index >= 15 is 0 Å². The Morgan fingerprint density at radius 3 is 3.00 bits per heavy atom. The number of nitriles is 1. The van der Waals surface area contributed by atoms with Crippen LogP contribution in [-0.4, -0.2) is 15.0 Å². The second-order valence-electron chi connectivity index (χ2n) is 3.61. The second kappa shape index (κ2) is 4.05. The summed E-state index contributed by atoms with van der Waals surface area (Å²) in [5.41, 5.74) is 10.3. The minimum absolute atomic E-state index is 0.349. The molecule has 0 aliphatic heterocycles. The monoisotopic (exact) mass is 253 g/mol. The second-order valence-corrected chi connectivity index (χ2v) is 4.44. The van der Waals surface area contributed by atoms with Gasteiger partial charge in [0.2, 0.25) is 0 Å². The van der Waals surface area contributed by atoms with E-state index in [9.17, 15) is 5.26 Å². The van der Waals surface area contributed by atoms with Crippen LogP contribution in [0.4, 0.5) is 5.69 Å². The summed E-state index contributed by atoms with van der Waals surface area (Å²) in [5, 5.41) is 9.24. The van der Waals surface area contributed by atoms with E-state index in [2.05, 4.69) is 21.0 Å². The summed E-state index contributed by atoms with van der Waals surface area (Å²) < 4.78 is 0. The van der Waals surface area contributed by atoms with Gasteiger partial charge >= 0.3 is 0 Å². The van der Waals surface area contributed by atoms with E-state index in [4.69, 9.17) is 5.73 Å². The van der Waals surface area contributed by atoms with Gasteiger partial charge in [-0.3, -0.25) is 4.98 Å². The highest BCUT2D eigenvalue weighted by molar-refractivity contribution is 7.16. The van der Waals surface area contributed by atoms with Crippen LogP contribution in [0.3, 0.4) is 0 Å². The predicted molar refractivity (Wildman–Crippen MR) is 69.8 cm³/mol. The maximum Gasteiger partial charge on any atom is 0.146 e. The lowest BCUT2D eigenvalue weighted by Crippen LogP contribution is -1.98. The molecule has 0 unspecified atom stereocenters. The van der Waals surface area contributed by atoms with E-state index in [1.54, 1.807) is 24.0 Å². The molecule has 86 valence electrons. The summed E-state index contributed by atoms with van der Waals surface area (Å²) in [6.07, 6.45) is 3.33. The first-order valence-corrected chi connectivity index (χ1v) is 6.02. The summed E-state index contributed by atoms with van der Waals surface area (Å²) in [7, 11) is 0. The van der Waals surface area contributed by atoms with E-state index in [0.717, 1.165) is 10.4 Å². The zero-order valence-electron chi connectivity index (χ0n) is 9.16. The molecule has 6 heteroatoms. The van der Waals surface area contributed by atoms with Crippen molar-refractivity contribution < 1.29 is 0 Å². The minimum atomic E-state index is 0.349. The van der Waals surface area contributed by atoms with Crippen LogP contribution < -0.4 is 5.73 Å².